The van der Waals surface area contributed by atoms with Crippen LogP contribution in [0.5, 0.6) is 0 Å². The zero-order valence-electron chi connectivity index (χ0n) is 20.1. The summed E-state index contributed by atoms with van der Waals surface area (Å²) in [7, 11) is 1.48. The fourth-order valence-corrected chi connectivity index (χ4v) is 6.15. The monoisotopic (exact) mass is 598 g/mol. The molecule has 4 heterocycles. The van der Waals surface area contributed by atoms with Crippen molar-refractivity contribution in [3.05, 3.63) is 39.7 Å². The van der Waals surface area contributed by atoms with Crippen LogP contribution in [-0.2, 0) is 28.5 Å². The smallest absolute Gasteiger partial charge is 0.303 e. The van der Waals surface area contributed by atoms with Gasteiger partial charge in [0.05, 0.1) is 11.2 Å². The minimum atomic E-state index is -0.967. The summed E-state index contributed by atoms with van der Waals surface area (Å²) in [6.07, 6.45) is 0.519. The number of esters is 2. The third-order valence-electron chi connectivity index (χ3n) is 5.33. The van der Waals surface area contributed by atoms with Crippen molar-refractivity contribution < 1.29 is 28.5 Å². The summed E-state index contributed by atoms with van der Waals surface area (Å²) in [5, 5.41) is 20.3. The predicted molar refractivity (Wildman–Crippen MR) is 137 cm³/mol. The summed E-state index contributed by atoms with van der Waals surface area (Å²) in [4.78, 5) is 32.6. The fourth-order valence-electron chi connectivity index (χ4n) is 3.81. The minimum absolute atomic E-state index is 0.0850. The van der Waals surface area contributed by atoms with Crippen molar-refractivity contribution in [2.45, 2.75) is 48.5 Å². The summed E-state index contributed by atoms with van der Waals surface area (Å²) in [5.74, 6) is -1.11. The molecule has 0 amide bonds. The van der Waals surface area contributed by atoms with Gasteiger partial charge in [0.15, 0.2) is 11.8 Å². The molecule has 0 radical (unpaired) electrons. The lowest BCUT2D eigenvalue weighted by Crippen LogP contribution is -2.57. The van der Waals surface area contributed by atoms with Crippen molar-refractivity contribution in [2.24, 2.45) is 0 Å². The number of thiazole rings is 1. The summed E-state index contributed by atoms with van der Waals surface area (Å²) >= 11 is 14.7. The van der Waals surface area contributed by atoms with Gasteiger partial charge >= 0.3 is 11.9 Å². The highest BCUT2D eigenvalue weighted by Gasteiger charge is 2.50. The Morgan fingerprint density at radius 3 is 2.68 bits per heavy atom. The Bertz CT molecular complexity index is 1360. The van der Waals surface area contributed by atoms with Gasteiger partial charge in [0.2, 0.25) is 0 Å². The number of halogens is 2. The average Bonchev–Trinajstić information content (AvgIpc) is 3.52. The number of nitriles is 1. The molecule has 38 heavy (non-hydrogen) atoms. The number of aromatic nitrogens is 5. The molecule has 1 aliphatic heterocycles. The molecule has 0 N–H and O–H groups in total. The van der Waals surface area contributed by atoms with E-state index in [0.29, 0.717) is 20.8 Å². The van der Waals surface area contributed by atoms with Crippen LogP contribution in [0.15, 0.2) is 28.7 Å². The normalized spacial score (nSPS) is 23.0. The summed E-state index contributed by atoms with van der Waals surface area (Å²) in [6.45, 7) is 2.32. The van der Waals surface area contributed by atoms with Gasteiger partial charge in [-0.15, -0.1) is 16.4 Å². The lowest BCUT2D eigenvalue weighted by molar-refractivity contribution is -0.208. The van der Waals surface area contributed by atoms with Gasteiger partial charge in [0, 0.05) is 37.4 Å². The average molecular weight is 599 g/mol. The number of carbonyl (C=O) groups is 2. The van der Waals surface area contributed by atoms with E-state index in [1.807, 2.05) is 6.07 Å². The molecule has 200 valence electrons. The van der Waals surface area contributed by atoms with Crippen LogP contribution in [0.2, 0.25) is 10.2 Å². The number of hydrogen-bond acceptors (Lipinski definition) is 13. The summed E-state index contributed by atoms with van der Waals surface area (Å²) in [5.41, 5.74) is -0.194. The molecule has 1 aliphatic rings. The Hall–Kier alpha value is -2.80. The van der Waals surface area contributed by atoms with Crippen molar-refractivity contribution in [1.29, 1.82) is 5.26 Å². The number of carbonyl (C=O) groups excluding carboxylic acids is 2. The molecular formula is C22H20Cl2N6O6S2. The minimum Gasteiger partial charge on any atom is -0.463 e. The van der Waals surface area contributed by atoms with Crippen LogP contribution in [0.1, 0.15) is 25.6 Å². The van der Waals surface area contributed by atoms with E-state index in [4.69, 9.17) is 47.4 Å². The zero-order valence-corrected chi connectivity index (χ0v) is 23.3. The van der Waals surface area contributed by atoms with Crippen molar-refractivity contribution >= 4 is 58.2 Å². The topological polar surface area (TPSA) is 151 Å². The first-order chi connectivity index (χ1) is 18.2. The number of pyridine rings is 1. The Kier molecular flexibility index (Phi) is 9.19. The van der Waals surface area contributed by atoms with Gasteiger partial charge in [-0.1, -0.05) is 40.2 Å². The van der Waals surface area contributed by atoms with E-state index in [2.05, 4.69) is 20.3 Å². The lowest BCUT2D eigenvalue weighted by Gasteiger charge is -2.44. The first-order valence-electron chi connectivity index (χ1n) is 10.9. The van der Waals surface area contributed by atoms with E-state index in [0.717, 1.165) is 0 Å². The van der Waals surface area contributed by atoms with Gasteiger partial charge in [-0.05, 0) is 6.07 Å². The van der Waals surface area contributed by atoms with E-state index in [1.165, 1.54) is 54.9 Å². The van der Waals surface area contributed by atoms with E-state index in [9.17, 15) is 9.59 Å². The Labute approximate surface area is 235 Å². The zero-order chi connectivity index (χ0) is 27.4. The highest BCUT2D eigenvalue weighted by molar-refractivity contribution is 7.99. The SMILES string of the molecule is COC1C(n2cc(-c3nc(Cl)cs3)nn2)[C@@H](OC(C)=O)C(COC(C)=O)O[C@@H]1Sc1cnc(C#N)c(Cl)c1. The van der Waals surface area contributed by atoms with E-state index in [1.54, 1.807) is 17.6 Å². The van der Waals surface area contributed by atoms with E-state index < -0.39 is 41.7 Å². The first kappa shape index (κ1) is 28.2. The Morgan fingerprint density at radius 1 is 1.29 bits per heavy atom. The Balaban J connectivity index is 1.74. The highest BCUT2D eigenvalue weighted by atomic mass is 35.5. The number of hydrogen-bond donors (Lipinski definition) is 0. The number of rotatable bonds is 8. The van der Waals surface area contributed by atoms with E-state index >= 15 is 0 Å². The van der Waals surface area contributed by atoms with Crippen molar-refractivity contribution in [3.63, 3.8) is 0 Å². The van der Waals surface area contributed by atoms with Gasteiger partial charge in [-0.3, -0.25) is 9.59 Å². The maximum Gasteiger partial charge on any atom is 0.303 e. The third kappa shape index (κ3) is 6.42. The molecule has 3 unspecified atom stereocenters. The summed E-state index contributed by atoms with van der Waals surface area (Å²) < 4.78 is 24.5. The number of ether oxygens (including phenoxy) is 4. The molecule has 0 aliphatic carbocycles. The van der Waals surface area contributed by atoms with Gasteiger partial charge in [-0.25, -0.2) is 14.6 Å². The van der Waals surface area contributed by atoms with Crippen LogP contribution in [0.3, 0.4) is 0 Å². The number of methoxy groups -OCH3 is 1. The molecule has 0 aromatic carbocycles. The Morgan fingerprint density at radius 2 is 2.08 bits per heavy atom. The number of nitrogens with zero attached hydrogens (tertiary/aromatic N) is 6. The van der Waals surface area contributed by atoms with Crippen molar-refractivity contribution in [2.75, 3.05) is 13.7 Å². The quantitative estimate of drug-likeness (QED) is 0.348. The molecule has 12 nitrogen and oxygen atoms in total. The maximum atomic E-state index is 12.1. The van der Waals surface area contributed by atoms with Gasteiger partial charge < -0.3 is 18.9 Å². The molecule has 1 saturated heterocycles. The van der Waals surface area contributed by atoms with Gasteiger partial charge in [0.1, 0.15) is 52.2 Å². The third-order valence-corrected chi connectivity index (χ3v) is 7.91. The maximum absolute atomic E-state index is 12.1. The molecule has 1 fully saturated rings. The fraction of sp³-hybridized carbons (Fsp3) is 0.409. The van der Waals surface area contributed by atoms with Gasteiger partial charge in [-0.2, -0.15) is 5.26 Å². The second-order valence-corrected chi connectivity index (χ2v) is 10.7. The second-order valence-electron chi connectivity index (χ2n) is 7.90. The van der Waals surface area contributed by atoms with E-state index in [-0.39, 0.29) is 17.3 Å². The molecule has 0 saturated carbocycles. The first-order valence-corrected chi connectivity index (χ1v) is 13.5. The summed E-state index contributed by atoms with van der Waals surface area (Å²) in [6, 6.07) is 2.74. The molecule has 4 rings (SSSR count). The van der Waals surface area contributed by atoms with Crippen LogP contribution in [0, 0.1) is 11.3 Å². The number of thioether (sulfide) groups is 1. The molecular weight excluding hydrogens is 579 g/mol. The predicted octanol–water partition coefficient (Wildman–Crippen LogP) is 3.54. The van der Waals surface area contributed by atoms with Crippen LogP contribution < -0.4 is 0 Å². The molecule has 0 spiro atoms. The van der Waals surface area contributed by atoms with Crippen LogP contribution in [0.25, 0.3) is 10.7 Å². The molecule has 16 heteroatoms. The van der Waals surface area contributed by atoms with Gasteiger partial charge in [0.25, 0.3) is 0 Å². The van der Waals surface area contributed by atoms with Crippen LogP contribution in [-0.4, -0.2) is 74.4 Å². The lowest BCUT2D eigenvalue weighted by atomic mass is 9.96. The van der Waals surface area contributed by atoms with Crippen LogP contribution in [0.4, 0.5) is 0 Å². The molecule has 3 aromatic heterocycles. The van der Waals surface area contributed by atoms with Crippen molar-refractivity contribution in [3.8, 4) is 16.8 Å². The van der Waals surface area contributed by atoms with Crippen LogP contribution >= 0.6 is 46.3 Å². The highest BCUT2D eigenvalue weighted by Crippen LogP contribution is 2.41. The largest absolute Gasteiger partial charge is 0.463 e. The molecule has 0 bridgehead atoms. The standard InChI is InChI=1S/C22H20Cl2N6O6S2/c1-10(31)34-8-16-19(35-11(2)32)18(30-7-15(28-29-30)21-27-17(24)9-37-21)20(33-3)22(36-16)38-12-4-13(23)14(5-25)26-6-12/h4,6-7,9,16,18-20,22H,8H2,1-3H3/t16?,18?,19-,20?,22+/m0/s1. The second kappa shape index (κ2) is 12.4. The molecule has 3 aromatic rings. The van der Waals surface area contributed by atoms with Crippen molar-refractivity contribution in [1.82, 2.24) is 25.0 Å². The molecule has 5 atom stereocenters.